The maximum absolute atomic E-state index is 12.6. The number of likely N-dealkylation sites (N-methyl/N-ethyl adjacent to an activating group) is 1. The Morgan fingerprint density at radius 2 is 1.62 bits per heavy atom. The van der Waals surface area contributed by atoms with E-state index in [4.69, 9.17) is 10.5 Å². The van der Waals surface area contributed by atoms with E-state index in [9.17, 15) is 4.79 Å². The molecule has 130 valence electrons. The van der Waals surface area contributed by atoms with Crippen LogP contribution in [0.1, 0.15) is 18.9 Å². The highest BCUT2D eigenvalue weighted by Gasteiger charge is 2.32. The summed E-state index contributed by atoms with van der Waals surface area (Å²) in [6.07, 6.45) is 0.752. The summed E-state index contributed by atoms with van der Waals surface area (Å²) in [5.74, 6) is 0.748. The maximum atomic E-state index is 12.6. The molecule has 0 aromatic heterocycles. The molecule has 0 radical (unpaired) electrons. The number of carbonyl (C=O) groups excluding carboxylic acids is 1. The van der Waals surface area contributed by atoms with Crippen molar-refractivity contribution >= 4 is 18.3 Å². The third kappa shape index (κ3) is 5.25. The summed E-state index contributed by atoms with van der Waals surface area (Å²) in [5.41, 5.74) is 6.05. The van der Waals surface area contributed by atoms with Crippen LogP contribution in [-0.2, 0) is 10.3 Å². The van der Waals surface area contributed by atoms with E-state index in [1.807, 2.05) is 60.7 Å². The van der Waals surface area contributed by atoms with Gasteiger partial charge in [-0.3, -0.25) is 4.79 Å². The molecule has 0 spiro atoms. The van der Waals surface area contributed by atoms with Crippen LogP contribution in [0.15, 0.2) is 60.7 Å². The van der Waals surface area contributed by atoms with Gasteiger partial charge in [0.2, 0.25) is 5.91 Å². The summed E-state index contributed by atoms with van der Waals surface area (Å²) in [6, 6.07) is 19.1. The van der Waals surface area contributed by atoms with E-state index in [0.717, 1.165) is 17.7 Å². The molecule has 2 rings (SSSR count). The fraction of sp³-hybridized carbons (Fsp3) is 0.316. The Hall–Kier alpha value is -2.04. The molecule has 1 amide bonds. The van der Waals surface area contributed by atoms with E-state index in [-0.39, 0.29) is 18.3 Å². The summed E-state index contributed by atoms with van der Waals surface area (Å²) in [7, 11) is 1.78. The predicted octanol–water partition coefficient (Wildman–Crippen LogP) is 3.21. The lowest BCUT2D eigenvalue weighted by molar-refractivity contribution is -0.135. The number of amides is 1. The molecule has 0 aliphatic carbocycles. The topological polar surface area (TPSA) is 55.6 Å². The Kier molecular flexibility index (Phi) is 7.75. The molecule has 1 atom stereocenters. The second-order valence-electron chi connectivity index (χ2n) is 5.81. The van der Waals surface area contributed by atoms with Crippen molar-refractivity contribution in [2.45, 2.75) is 18.9 Å². The molecule has 0 saturated carbocycles. The summed E-state index contributed by atoms with van der Waals surface area (Å²) in [5, 5.41) is 0. The molecule has 1 unspecified atom stereocenters. The van der Waals surface area contributed by atoms with E-state index >= 15 is 0 Å². The Morgan fingerprint density at radius 3 is 2.21 bits per heavy atom. The minimum atomic E-state index is -1.02. The molecule has 2 aromatic rings. The number of para-hydroxylation sites is 1. The smallest absolute Gasteiger partial charge is 0.246 e. The number of ether oxygens (including phenoxy) is 1. The van der Waals surface area contributed by atoms with Crippen LogP contribution >= 0.6 is 12.4 Å². The molecule has 5 heteroatoms. The van der Waals surface area contributed by atoms with Gasteiger partial charge in [-0.25, -0.2) is 0 Å². The highest BCUT2D eigenvalue weighted by Crippen LogP contribution is 2.19. The minimum Gasteiger partial charge on any atom is -0.494 e. The van der Waals surface area contributed by atoms with E-state index < -0.39 is 5.54 Å². The SMILES string of the molecule is CN(CCCOc1ccccc1)C(=O)C(C)(N)c1ccccc1.Cl. The van der Waals surface area contributed by atoms with Gasteiger partial charge in [0.1, 0.15) is 11.3 Å². The van der Waals surface area contributed by atoms with Crippen LogP contribution in [0.2, 0.25) is 0 Å². The van der Waals surface area contributed by atoms with E-state index in [0.29, 0.717) is 13.2 Å². The predicted molar refractivity (Wildman–Crippen MR) is 99.4 cm³/mol. The third-order valence-corrected chi connectivity index (χ3v) is 3.81. The van der Waals surface area contributed by atoms with Crippen LogP contribution < -0.4 is 10.5 Å². The van der Waals surface area contributed by atoms with Gasteiger partial charge < -0.3 is 15.4 Å². The zero-order chi connectivity index (χ0) is 16.7. The number of nitrogens with two attached hydrogens (primary N) is 1. The Labute approximate surface area is 150 Å². The molecule has 0 saturated heterocycles. The lowest BCUT2D eigenvalue weighted by Crippen LogP contribution is -2.50. The van der Waals surface area contributed by atoms with Crippen molar-refractivity contribution in [3.8, 4) is 5.75 Å². The van der Waals surface area contributed by atoms with Crippen LogP contribution in [0.4, 0.5) is 0 Å². The summed E-state index contributed by atoms with van der Waals surface area (Å²) >= 11 is 0. The number of nitrogens with zero attached hydrogens (tertiary/aromatic N) is 1. The average Bonchev–Trinajstić information content (AvgIpc) is 2.59. The van der Waals surface area contributed by atoms with Gasteiger partial charge >= 0.3 is 0 Å². The van der Waals surface area contributed by atoms with Crippen LogP contribution in [0, 0.1) is 0 Å². The van der Waals surface area contributed by atoms with Crippen LogP contribution in [0.25, 0.3) is 0 Å². The quantitative estimate of drug-likeness (QED) is 0.782. The summed E-state index contributed by atoms with van der Waals surface area (Å²) in [6.45, 7) is 2.92. The molecular formula is C19H25ClN2O2. The highest BCUT2D eigenvalue weighted by molar-refractivity contribution is 5.86. The lowest BCUT2D eigenvalue weighted by atomic mass is 9.92. The molecule has 0 bridgehead atoms. The fourth-order valence-electron chi connectivity index (χ4n) is 2.41. The standard InChI is InChI=1S/C19H24N2O2.ClH/c1-19(20,16-10-5-3-6-11-16)18(22)21(2)14-9-15-23-17-12-7-4-8-13-17;/h3-8,10-13H,9,14-15,20H2,1-2H3;1H. The van der Waals surface area contributed by atoms with Crippen molar-refractivity contribution < 1.29 is 9.53 Å². The maximum Gasteiger partial charge on any atom is 0.246 e. The first-order valence-corrected chi connectivity index (χ1v) is 7.79. The first-order valence-electron chi connectivity index (χ1n) is 7.79. The van der Waals surface area contributed by atoms with Gasteiger partial charge in [-0.2, -0.15) is 0 Å². The van der Waals surface area contributed by atoms with Gasteiger partial charge in [-0.15, -0.1) is 12.4 Å². The first kappa shape index (κ1) is 20.0. The number of rotatable bonds is 7. The Bertz CT molecular complexity index is 618. The zero-order valence-corrected chi connectivity index (χ0v) is 15.0. The molecule has 0 fully saturated rings. The molecule has 0 aliphatic rings. The first-order chi connectivity index (χ1) is 11.0. The van der Waals surface area contributed by atoms with Crippen molar-refractivity contribution in [1.82, 2.24) is 4.90 Å². The minimum absolute atomic E-state index is 0. The van der Waals surface area contributed by atoms with Gasteiger partial charge in [0, 0.05) is 13.6 Å². The number of hydrogen-bond donors (Lipinski definition) is 1. The van der Waals surface area contributed by atoms with E-state index in [1.54, 1.807) is 18.9 Å². The second kappa shape index (κ2) is 9.30. The fourth-order valence-corrected chi connectivity index (χ4v) is 2.41. The number of hydrogen-bond acceptors (Lipinski definition) is 3. The van der Waals surface area contributed by atoms with Crippen LogP contribution in [-0.4, -0.2) is 31.0 Å². The summed E-state index contributed by atoms with van der Waals surface area (Å²) < 4.78 is 5.64. The Morgan fingerprint density at radius 1 is 1.08 bits per heavy atom. The van der Waals surface area contributed by atoms with Gasteiger partial charge in [0.25, 0.3) is 0 Å². The number of carbonyl (C=O) groups is 1. The number of halogens is 1. The molecule has 24 heavy (non-hydrogen) atoms. The largest absolute Gasteiger partial charge is 0.494 e. The van der Waals surface area contributed by atoms with Gasteiger partial charge in [-0.05, 0) is 31.0 Å². The van der Waals surface area contributed by atoms with Crippen molar-refractivity contribution in [1.29, 1.82) is 0 Å². The lowest BCUT2D eigenvalue weighted by Gasteiger charge is -2.29. The molecular weight excluding hydrogens is 324 g/mol. The van der Waals surface area contributed by atoms with E-state index in [1.165, 1.54) is 0 Å². The molecule has 2 aromatic carbocycles. The Balaban J connectivity index is 0.00000288. The van der Waals surface area contributed by atoms with Crippen LogP contribution in [0.5, 0.6) is 5.75 Å². The van der Waals surface area contributed by atoms with Crippen molar-refractivity contribution in [2.24, 2.45) is 5.73 Å². The van der Waals surface area contributed by atoms with Gasteiger partial charge in [0.05, 0.1) is 6.61 Å². The van der Waals surface area contributed by atoms with Gasteiger partial charge in [0.15, 0.2) is 0 Å². The van der Waals surface area contributed by atoms with Gasteiger partial charge in [-0.1, -0.05) is 48.5 Å². The molecule has 4 nitrogen and oxygen atoms in total. The average molecular weight is 349 g/mol. The van der Waals surface area contributed by atoms with Crippen molar-refractivity contribution in [3.05, 3.63) is 66.2 Å². The van der Waals surface area contributed by atoms with Crippen molar-refractivity contribution in [3.63, 3.8) is 0 Å². The second-order valence-corrected chi connectivity index (χ2v) is 5.81. The van der Waals surface area contributed by atoms with Crippen LogP contribution in [0.3, 0.4) is 0 Å². The molecule has 0 heterocycles. The monoisotopic (exact) mass is 348 g/mol. The summed E-state index contributed by atoms with van der Waals surface area (Å²) in [4.78, 5) is 14.3. The normalized spacial score (nSPS) is 12.6. The third-order valence-electron chi connectivity index (χ3n) is 3.81. The number of benzene rings is 2. The van der Waals surface area contributed by atoms with E-state index in [2.05, 4.69) is 0 Å². The van der Waals surface area contributed by atoms with Crippen molar-refractivity contribution in [2.75, 3.05) is 20.2 Å². The molecule has 2 N–H and O–H groups in total. The highest BCUT2D eigenvalue weighted by atomic mass is 35.5. The zero-order valence-electron chi connectivity index (χ0n) is 14.1. The molecule has 0 aliphatic heterocycles.